The number of carbonyl (C=O) groups excluding carboxylic acids is 1. The summed E-state index contributed by atoms with van der Waals surface area (Å²) in [6, 6.07) is 7.22. The number of amides is 1. The van der Waals surface area contributed by atoms with Crippen LogP contribution >= 0.6 is 22.9 Å². The SMILES string of the molecule is O=C(c1cccc(Cl)n1)N1CCc2sccc2C1. The molecule has 2 aromatic rings. The van der Waals surface area contributed by atoms with Crippen LogP contribution in [0.25, 0.3) is 0 Å². The van der Waals surface area contributed by atoms with Crippen molar-refractivity contribution >= 4 is 28.8 Å². The predicted octanol–water partition coefficient (Wildman–Crippen LogP) is 3.00. The third-order valence-electron chi connectivity index (χ3n) is 3.03. The Bertz CT molecular complexity index is 596. The number of hydrogen-bond donors (Lipinski definition) is 0. The predicted molar refractivity (Wildman–Crippen MR) is 72.0 cm³/mol. The lowest BCUT2D eigenvalue weighted by Crippen LogP contribution is -2.35. The van der Waals surface area contributed by atoms with Crippen molar-refractivity contribution in [3.63, 3.8) is 0 Å². The molecule has 0 spiro atoms. The lowest BCUT2D eigenvalue weighted by molar-refractivity contribution is 0.0730. The van der Waals surface area contributed by atoms with Crippen molar-refractivity contribution < 1.29 is 4.79 Å². The Morgan fingerprint density at radius 1 is 1.39 bits per heavy atom. The molecule has 0 bridgehead atoms. The van der Waals surface area contributed by atoms with Gasteiger partial charge in [-0.25, -0.2) is 4.98 Å². The Balaban J connectivity index is 1.83. The maximum Gasteiger partial charge on any atom is 0.272 e. The number of thiophene rings is 1. The molecule has 18 heavy (non-hydrogen) atoms. The summed E-state index contributed by atoms with van der Waals surface area (Å²) in [5.41, 5.74) is 1.67. The summed E-state index contributed by atoms with van der Waals surface area (Å²) in [5.74, 6) is -0.0469. The maximum atomic E-state index is 12.3. The highest BCUT2D eigenvalue weighted by molar-refractivity contribution is 7.10. The highest BCUT2D eigenvalue weighted by Gasteiger charge is 2.23. The average Bonchev–Trinajstić information content (AvgIpc) is 2.85. The zero-order chi connectivity index (χ0) is 12.5. The third-order valence-corrected chi connectivity index (χ3v) is 4.26. The molecule has 0 radical (unpaired) electrons. The normalized spacial score (nSPS) is 14.4. The van der Waals surface area contributed by atoms with E-state index in [1.54, 1.807) is 29.5 Å². The monoisotopic (exact) mass is 278 g/mol. The second kappa shape index (κ2) is 4.71. The van der Waals surface area contributed by atoms with Gasteiger partial charge in [0.2, 0.25) is 0 Å². The van der Waals surface area contributed by atoms with Gasteiger partial charge in [-0.3, -0.25) is 4.79 Å². The van der Waals surface area contributed by atoms with Crippen molar-refractivity contribution in [2.24, 2.45) is 0 Å². The molecule has 5 heteroatoms. The van der Waals surface area contributed by atoms with Crippen LogP contribution in [0.2, 0.25) is 5.15 Å². The Morgan fingerprint density at radius 3 is 3.11 bits per heavy atom. The first-order valence-corrected chi connectivity index (χ1v) is 6.97. The van der Waals surface area contributed by atoms with Crippen molar-refractivity contribution in [1.82, 2.24) is 9.88 Å². The van der Waals surface area contributed by atoms with Crippen molar-refractivity contribution in [2.75, 3.05) is 6.54 Å². The first kappa shape index (κ1) is 11.7. The van der Waals surface area contributed by atoms with Gasteiger partial charge < -0.3 is 4.90 Å². The molecule has 0 saturated heterocycles. The molecule has 0 aliphatic carbocycles. The lowest BCUT2D eigenvalue weighted by Gasteiger charge is -2.26. The number of fused-ring (bicyclic) bond motifs is 1. The second-order valence-corrected chi connectivity index (χ2v) is 5.58. The number of carbonyl (C=O) groups is 1. The molecule has 1 amide bonds. The molecule has 0 N–H and O–H groups in total. The van der Waals surface area contributed by atoms with Gasteiger partial charge in [-0.2, -0.15) is 0 Å². The van der Waals surface area contributed by atoms with Crippen molar-refractivity contribution in [3.05, 3.63) is 50.9 Å². The number of halogens is 1. The second-order valence-electron chi connectivity index (χ2n) is 4.19. The molecular weight excluding hydrogens is 268 g/mol. The summed E-state index contributed by atoms with van der Waals surface area (Å²) in [5, 5.41) is 2.44. The third kappa shape index (κ3) is 2.13. The van der Waals surface area contributed by atoms with Crippen LogP contribution in [0.1, 0.15) is 20.9 Å². The fraction of sp³-hybridized carbons (Fsp3) is 0.231. The quantitative estimate of drug-likeness (QED) is 0.752. The van der Waals surface area contributed by atoms with Gasteiger partial charge in [0.05, 0.1) is 0 Å². The van der Waals surface area contributed by atoms with Crippen LogP contribution in [0.4, 0.5) is 0 Å². The topological polar surface area (TPSA) is 33.2 Å². The summed E-state index contributed by atoms with van der Waals surface area (Å²) in [7, 11) is 0. The average molecular weight is 279 g/mol. The molecule has 2 aromatic heterocycles. The van der Waals surface area contributed by atoms with Crippen LogP contribution in [0.5, 0.6) is 0 Å². The summed E-state index contributed by atoms with van der Waals surface area (Å²) < 4.78 is 0. The van der Waals surface area contributed by atoms with Crippen LogP contribution in [0.15, 0.2) is 29.6 Å². The van der Waals surface area contributed by atoms with Gasteiger partial charge in [-0.15, -0.1) is 11.3 Å². The van der Waals surface area contributed by atoms with E-state index in [2.05, 4.69) is 16.4 Å². The minimum Gasteiger partial charge on any atom is -0.333 e. The zero-order valence-electron chi connectivity index (χ0n) is 9.60. The number of pyridine rings is 1. The minimum absolute atomic E-state index is 0.0469. The van der Waals surface area contributed by atoms with E-state index in [1.165, 1.54) is 10.4 Å². The van der Waals surface area contributed by atoms with Crippen LogP contribution < -0.4 is 0 Å². The molecular formula is C13H11ClN2OS. The number of aromatic nitrogens is 1. The van der Waals surface area contributed by atoms with E-state index < -0.39 is 0 Å². The molecule has 0 aromatic carbocycles. The van der Waals surface area contributed by atoms with Crippen molar-refractivity contribution in [3.8, 4) is 0 Å². The maximum absolute atomic E-state index is 12.3. The Kier molecular flexibility index (Phi) is 3.06. The molecule has 0 atom stereocenters. The van der Waals surface area contributed by atoms with E-state index in [0.29, 0.717) is 17.4 Å². The lowest BCUT2D eigenvalue weighted by atomic mass is 10.1. The number of hydrogen-bond acceptors (Lipinski definition) is 3. The fourth-order valence-electron chi connectivity index (χ4n) is 2.11. The largest absolute Gasteiger partial charge is 0.333 e. The van der Waals surface area contributed by atoms with E-state index in [9.17, 15) is 4.79 Å². The van der Waals surface area contributed by atoms with Gasteiger partial charge in [0.1, 0.15) is 10.8 Å². The van der Waals surface area contributed by atoms with Crippen LogP contribution in [-0.2, 0) is 13.0 Å². The smallest absolute Gasteiger partial charge is 0.272 e. The highest BCUT2D eigenvalue weighted by atomic mass is 35.5. The molecule has 3 nitrogen and oxygen atoms in total. The Labute approximate surface area is 114 Å². The van der Waals surface area contributed by atoms with Crippen LogP contribution in [-0.4, -0.2) is 22.3 Å². The Morgan fingerprint density at radius 2 is 2.28 bits per heavy atom. The molecule has 0 saturated carbocycles. The molecule has 1 aliphatic heterocycles. The van der Waals surface area contributed by atoms with Gasteiger partial charge >= 0.3 is 0 Å². The Hall–Kier alpha value is -1.39. The van der Waals surface area contributed by atoms with Gasteiger partial charge in [-0.05, 0) is 35.6 Å². The molecule has 1 aliphatic rings. The zero-order valence-corrected chi connectivity index (χ0v) is 11.2. The fourth-order valence-corrected chi connectivity index (χ4v) is 3.16. The van der Waals surface area contributed by atoms with Crippen LogP contribution in [0, 0.1) is 0 Å². The number of nitrogens with zero attached hydrogens (tertiary/aromatic N) is 2. The minimum atomic E-state index is -0.0469. The van der Waals surface area contributed by atoms with E-state index in [4.69, 9.17) is 11.6 Å². The highest BCUT2D eigenvalue weighted by Crippen LogP contribution is 2.24. The van der Waals surface area contributed by atoms with E-state index in [-0.39, 0.29) is 5.91 Å². The number of rotatable bonds is 1. The molecule has 0 unspecified atom stereocenters. The van der Waals surface area contributed by atoms with Gasteiger partial charge in [0.25, 0.3) is 5.91 Å². The van der Waals surface area contributed by atoms with E-state index in [1.807, 2.05) is 4.90 Å². The summed E-state index contributed by atoms with van der Waals surface area (Å²) in [6.07, 6.45) is 0.930. The molecule has 3 rings (SSSR count). The summed E-state index contributed by atoms with van der Waals surface area (Å²) >= 11 is 7.57. The molecule has 0 fully saturated rings. The van der Waals surface area contributed by atoms with E-state index in [0.717, 1.165) is 13.0 Å². The first-order chi connectivity index (χ1) is 8.74. The summed E-state index contributed by atoms with van der Waals surface area (Å²) in [6.45, 7) is 1.42. The van der Waals surface area contributed by atoms with Gasteiger partial charge in [-0.1, -0.05) is 17.7 Å². The van der Waals surface area contributed by atoms with E-state index >= 15 is 0 Å². The van der Waals surface area contributed by atoms with Crippen LogP contribution in [0.3, 0.4) is 0 Å². The standard InChI is InChI=1S/C13H11ClN2OS/c14-12-3-1-2-10(15-12)13(17)16-6-4-11-9(8-16)5-7-18-11/h1-3,5,7H,4,6,8H2. The molecule has 3 heterocycles. The summed E-state index contributed by atoms with van der Waals surface area (Å²) in [4.78, 5) is 19.6. The van der Waals surface area contributed by atoms with Gasteiger partial charge in [0.15, 0.2) is 0 Å². The first-order valence-electron chi connectivity index (χ1n) is 5.71. The van der Waals surface area contributed by atoms with Gasteiger partial charge in [0, 0.05) is 18.0 Å². The van der Waals surface area contributed by atoms with Crippen molar-refractivity contribution in [2.45, 2.75) is 13.0 Å². The van der Waals surface area contributed by atoms with Crippen molar-refractivity contribution in [1.29, 1.82) is 0 Å². The molecule has 92 valence electrons.